The number of carboxylic acids is 1. The van der Waals surface area contributed by atoms with E-state index in [9.17, 15) is 19.2 Å². The first-order valence-corrected chi connectivity index (χ1v) is 9.86. The highest BCUT2D eigenvalue weighted by Crippen LogP contribution is 2.12. The van der Waals surface area contributed by atoms with Crippen molar-refractivity contribution in [2.24, 2.45) is 11.8 Å². The van der Waals surface area contributed by atoms with Crippen LogP contribution in [0, 0.1) is 11.8 Å². The molecule has 10 heteroatoms. The van der Waals surface area contributed by atoms with E-state index in [4.69, 9.17) is 19.3 Å². The monoisotopic (exact) mass is 432 g/mol. The van der Waals surface area contributed by atoms with Gasteiger partial charge in [0, 0.05) is 13.1 Å². The van der Waals surface area contributed by atoms with Crippen molar-refractivity contribution in [3.63, 3.8) is 0 Å². The Morgan fingerprint density at radius 3 is 1.93 bits per heavy atom. The summed E-state index contributed by atoms with van der Waals surface area (Å²) in [7, 11) is 0. The van der Waals surface area contributed by atoms with E-state index < -0.39 is 47.2 Å². The number of carboxylic acid groups (broad SMARTS) is 1. The maximum absolute atomic E-state index is 12.3. The number of esters is 1. The van der Waals surface area contributed by atoms with Crippen molar-refractivity contribution in [3.05, 3.63) is 0 Å². The minimum atomic E-state index is -1.05. The van der Waals surface area contributed by atoms with E-state index in [1.165, 1.54) is 11.8 Å². The summed E-state index contributed by atoms with van der Waals surface area (Å²) in [5.74, 6) is -3.07. The van der Waals surface area contributed by atoms with Gasteiger partial charge in [0.15, 0.2) is 0 Å². The summed E-state index contributed by atoms with van der Waals surface area (Å²) in [4.78, 5) is 48.4. The van der Waals surface area contributed by atoms with Crippen LogP contribution in [0.2, 0.25) is 0 Å². The third kappa shape index (κ3) is 12.8. The summed E-state index contributed by atoms with van der Waals surface area (Å²) < 4.78 is 15.5. The second-order valence-electron chi connectivity index (χ2n) is 9.12. The molecule has 0 saturated heterocycles. The number of amides is 2. The molecule has 0 aromatic heterocycles. The predicted molar refractivity (Wildman–Crippen MR) is 109 cm³/mol. The number of hydrogen-bond donors (Lipinski definition) is 2. The predicted octanol–water partition coefficient (Wildman–Crippen LogP) is 2.65. The summed E-state index contributed by atoms with van der Waals surface area (Å²) in [5, 5.41) is 11.6. The first-order chi connectivity index (χ1) is 13.5. The molecule has 0 bridgehead atoms. The number of hydrogen-bond acceptors (Lipinski definition) is 7. The van der Waals surface area contributed by atoms with Crippen LogP contribution in [0.3, 0.4) is 0 Å². The first kappa shape index (κ1) is 27.5. The molecule has 0 fully saturated rings. The highest BCUT2D eigenvalue weighted by molar-refractivity contribution is 5.74. The van der Waals surface area contributed by atoms with Crippen LogP contribution in [-0.2, 0) is 23.8 Å². The Labute approximate surface area is 178 Å². The molecule has 0 aliphatic rings. The summed E-state index contributed by atoms with van der Waals surface area (Å²) in [6, 6.07) is 0. The van der Waals surface area contributed by atoms with E-state index in [1.54, 1.807) is 48.5 Å². The van der Waals surface area contributed by atoms with Crippen LogP contribution in [0.5, 0.6) is 0 Å². The van der Waals surface area contributed by atoms with Crippen LogP contribution in [0.25, 0.3) is 0 Å². The summed E-state index contributed by atoms with van der Waals surface area (Å²) in [5.41, 5.74) is -1.40. The van der Waals surface area contributed by atoms with Crippen LogP contribution in [0.15, 0.2) is 0 Å². The van der Waals surface area contributed by atoms with Gasteiger partial charge in [-0.15, -0.1) is 0 Å². The highest BCUT2D eigenvalue weighted by atomic mass is 16.6. The zero-order valence-electron chi connectivity index (χ0n) is 19.2. The molecule has 0 aromatic rings. The van der Waals surface area contributed by atoms with Gasteiger partial charge < -0.3 is 29.5 Å². The van der Waals surface area contributed by atoms with E-state index >= 15 is 0 Å². The lowest BCUT2D eigenvalue weighted by molar-refractivity contribution is -0.148. The fraction of sp³-hybridized carbons (Fsp3) is 0.800. The molecular weight excluding hydrogens is 396 g/mol. The quantitative estimate of drug-likeness (QED) is 0.420. The van der Waals surface area contributed by atoms with Gasteiger partial charge in [0.25, 0.3) is 0 Å². The average molecular weight is 433 g/mol. The smallest absolute Gasteiger partial charge is 0.410 e. The van der Waals surface area contributed by atoms with E-state index in [0.29, 0.717) is 0 Å². The standard InChI is InChI=1S/C20H36N2O8/c1-13(11-21-17(26)29-19(3,4)5)16(25)28-10-9-22(12-14(2)15(23)24)18(27)30-20(6,7)8/h13-14H,9-12H2,1-8H3,(H,21,26)(H,23,24). The summed E-state index contributed by atoms with van der Waals surface area (Å²) in [6.07, 6.45) is -1.33. The van der Waals surface area contributed by atoms with Crippen molar-refractivity contribution in [2.75, 3.05) is 26.2 Å². The zero-order chi connectivity index (χ0) is 23.7. The second-order valence-corrected chi connectivity index (χ2v) is 9.12. The molecule has 174 valence electrons. The summed E-state index contributed by atoms with van der Waals surface area (Å²) >= 11 is 0. The number of carbonyl (C=O) groups is 4. The minimum Gasteiger partial charge on any atom is -0.481 e. The maximum atomic E-state index is 12.3. The van der Waals surface area contributed by atoms with Crippen molar-refractivity contribution < 1.29 is 38.5 Å². The number of alkyl carbamates (subject to hydrolysis) is 1. The third-order valence-corrected chi connectivity index (χ3v) is 3.53. The van der Waals surface area contributed by atoms with Crippen molar-refractivity contribution in [1.29, 1.82) is 0 Å². The van der Waals surface area contributed by atoms with Gasteiger partial charge in [0.1, 0.15) is 17.8 Å². The molecule has 0 radical (unpaired) electrons. The van der Waals surface area contributed by atoms with E-state index in [0.717, 1.165) is 0 Å². The number of nitrogens with zero attached hydrogens (tertiary/aromatic N) is 1. The fourth-order valence-electron chi connectivity index (χ4n) is 2.02. The molecule has 0 saturated carbocycles. The number of nitrogens with one attached hydrogen (secondary N) is 1. The zero-order valence-corrected chi connectivity index (χ0v) is 19.2. The van der Waals surface area contributed by atoms with Gasteiger partial charge in [-0.3, -0.25) is 9.59 Å². The van der Waals surface area contributed by atoms with Gasteiger partial charge in [-0.25, -0.2) is 9.59 Å². The molecule has 2 N–H and O–H groups in total. The van der Waals surface area contributed by atoms with Crippen molar-refractivity contribution in [2.45, 2.75) is 66.6 Å². The van der Waals surface area contributed by atoms with Gasteiger partial charge in [0.05, 0.1) is 18.4 Å². The molecule has 30 heavy (non-hydrogen) atoms. The van der Waals surface area contributed by atoms with Crippen LogP contribution in [0.4, 0.5) is 9.59 Å². The summed E-state index contributed by atoms with van der Waals surface area (Å²) in [6.45, 7) is 13.1. The fourth-order valence-corrected chi connectivity index (χ4v) is 2.02. The van der Waals surface area contributed by atoms with Crippen molar-refractivity contribution >= 4 is 24.1 Å². The molecule has 0 aliphatic heterocycles. The molecule has 2 unspecified atom stereocenters. The number of ether oxygens (including phenoxy) is 3. The van der Waals surface area contributed by atoms with Gasteiger partial charge >= 0.3 is 24.1 Å². The Kier molecular flexibility index (Phi) is 10.6. The largest absolute Gasteiger partial charge is 0.481 e. The van der Waals surface area contributed by atoms with Gasteiger partial charge in [-0.2, -0.15) is 0 Å². The van der Waals surface area contributed by atoms with Crippen molar-refractivity contribution in [3.8, 4) is 0 Å². The third-order valence-electron chi connectivity index (χ3n) is 3.53. The highest BCUT2D eigenvalue weighted by Gasteiger charge is 2.26. The van der Waals surface area contributed by atoms with E-state index in [-0.39, 0.29) is 26.2 Å². The van der Waals surface area contributed by atoms with Crippen LogP contribution >= 0.6 is 0 Å². The molecule has 0 heterocycles. The molecule has 2 atom stereocenters. The Bertz CT molecular complexity index is 607. The van der Waals surface area contributed by atoms with Gasteiger partial charge in [-0.1, -0.05) is 13.8 Å². The molecule has 0 aromatic carbocycles. The van der Waals surface area contributed by atoms with Crippen LogP contribution < -0.4 is 5.32 Å². The Balaban J connectivity index is 4.65. The lowest BCUT2D eigenvalue weighted by atomic mass is 10.1. The van der Waals surface area contributed by atoms with E-state index in [1.807, 2.05) is 0 Å². The normalized spacial score (nSPS) is 13.6. The second kappa shape index (κ2) is 11.6. The molecule has 0 spiro atoms. The average Bonchev–Trinajstić information content (AvgIpc) is 2.55. The first-order valence-electron chi connectivity index (χ1n) is 9.86. The molecular formula is C20H36N2O8. The molecule has 10 nitrogen and oxygen atoms in total. The Morgan fingerprint density at radius 2 is 1.47 bits per heavy atom. The topological polar surface area (TPSA) is 131 Å². The maximum Gasteiger partial charge on any atom is 0.410 e. The van der Waals surface area contributed by atoms with Crippen LogP contribution in [0.1, 0.15) is 55.4 Å². The number of aliphatic carboxylic acids is 1. The number of rotatable bonds is 9. The SMILES string of the molecule is CC(CN(CCOC(=O)C(C)CNC(=O)OC(C)(C)C)C(=O)OC(C)(C)C)C(=O)O. The molecule has 0 rings (SSSR count). The minimum absolute atomic E-state index is 0.0233. The molecule has 0 aliphatic carbocycles. The van der Waals surface area contributed by atoms with Gasteiger partial charge in [0.2, 0.25) is 0 Å². The van der Waals surface area contributed by atoms with E-state index in [2.05, 4.69) is 5.32 Å². The Morgan fingerprint density at radius 1 is 0.933 bits per heavy atom. The van der Waals surface area contributed by atoms with Crippen LogP contribution in [-0.4, -0.2) is 71.6 Å². The molecule has 2 amide bonds. The lowest BCUT2D eigenvalue weighted by Crippen LogP contribution is -2.42. The van der Waals surface area contributed by atoms with Crippen molar-refractivity contribution in [1.82, 2.24) is 10.2 Å². The van der Waals surface area contributed by atoms with Gasteiger partial charge in [-0.05, 0) is 41.5 Å². The Hall–Kier alpha value is -2.52. The lowest BCUT2D eigenvalue weighted by Gasteiger charge is -2.28. The number of carbonyl (C=O) groups excluding carboxylic acids is 3.